The highest BCUT2D eigenvalue weighted by atomic mass is 15.0. The largest absolute Gasteiger partial charge is 0.313 e. The third-order valence-electron chi connectivity index (χ3n) is 17.6. The van der Waals surface area contributed by atoms with Crippen LogP contribution in [0.2, 0.25) is 6.32 Å². The van der Waals surface area contributed by atoms with Gasteiger partial charge in [-0.05, 0) is 67.9 Å². The Labute approximate surface area is 577 Å². The molecule has 0 amide bonds. The average Bonchev–Trinajstić information content (AvgIpc) is 1.52. The molecule has 0 bridgehead atoms. The van der Waals surface area contributed by atoms with Crippen molar-refractivity contribution in [1.29, 1.82) is 0 Å². The van der Waals surface area contributed by atoms with E-state index in [-0.39, 0.29) is 248 Å². The van der Waals surface area contributed by atoms with Gasteiger partial charge in [-0.2, -0.15) is 0 Å². The van der Waals surface area contributed by atoms with Crippen LogP contribution in [-0.4, -0.2) is 245 Å². The van der Waals surface area contributed by atoms with E-state index in [1.54, 1.807) is 57.7 Å². The topological polar surface area (TPSA) is 9.86 Å². The summed E-state index contributed by atoms with van der Waals surface area (Å²) in [7, 11) is 204. The summed E-state index contributed by atoms with van der Waals surface area (Å²) < 4.78 is 3.37. The summed E-state index contributed by atoms with van der Waals surface area (Å²) in [6.45, 7) is 0. The van der Waals surface area contributed by atoms with Gasteiger partial charge >= 0.3 is 0 Å². The smallest absolute Gasteiger partial charge is 0.115 e. The highest BCUT2D eigenvalue weighted by Crippen LogP contribution is 2.50. The van der Waals surface area contributed by atoms with Crippen molar-refractivity contribution in [2.24, 2.45) is 0 Å². The van der Waals surface area contributed by atoms with Crippen molar-refractivity contribution in [3.05, 3.63) is 82.2 Å². The summed E-state index contributed by atoms with van der Waals surface area (Å²) in [5.74, 6) is 1.57. The Kier molecular flexibility index (Phi) is 17.7. The summed E-state index contributed by atoms with van der Waals surface area (Å²) in [6, 6.07) is 14.1. The SMILES string of the molecule is [B]C/C(=C(/[B])c1c(C#C)n(-c2ccccc2-c2ccccc2-n2c3c(c4c([B])c(-c5c([B])c([B])c([B])c([B])c5[B])c([B])c([B])c42)C([B])=C(c2c([B])c([B])c([B])c([B])c2[B])C3[B])c2c([B])c([B])c(-c3c([B])c([B])c([B])c([B])c3[B])c([B])c12)c1c([B])c([B])c([B])c([B])c1[B]. The molecule has 0 N–H and O–H groups in total. The number of para-hydroxylation sites is 2. The van der Waals surface area contributed by atoms with Gasteiger partial charge in [-0.15, -0.1) is 72.0 Å². The zero-order valence-electron chi connectivity index (χ0n) is 49.2. The number of benzene rings is 8. The van der Waals surface area contributed by atoms with Crippen molar-refractivity contribution < 1.29 is 0 Å². The molecule has 2 heterocycles. The second-order valence-corrected chi connectivity index (χ2v) is 22.2. The Balaban J connectivity index is 1.30. The Hall–Kier alpha value is -6.17. The Bertz CT molecular complexity index is 5040. The standard InChI is InChI=1S/C60H12B30N2/c1-2-15-19(29(62)14(11-61)18-33(66)44(77)52(85)45(78)34(18)67)26-30(63)20(23-35(68)46(79)53(86)47(80)36(23)69)41(74)56(89)59(26)91(15)16-9-5-3-7-12(16)13-8-4-6-10-17(13)92-58-27(32(65)22(43(58)76)25-39(72)50(83)55(88)51(84)40(25)73)28-31(64)21(42(75)57(90)60(28)92)24-37(70)48(81)54(87)49(82)38(24)71/h1,3-10,43H,11H2/b29-14-. The predicted molar refractivity (Wildman–Crippen MR) is 422 cm³/mol. The molecule has 2 aromatic heterocycles. The molecule has 2 nitrogen and oxygen atoms in total. The molecule has 92 heavy (non-hydrogen) atoms. The van der Waals surface area contributed by atoms with E-state index in [1.165, 1.54) is 0 Å². The second kappa shape index (κ2) is 24.2. The van der Waals surface area contributed by atoms with Crippen LogP contribution in [0.1, 0.15) is 39.5 Å². The molecule has 8 aromatic carbocycles. The van der Waals surface area contributed by atoms with Crippen LogP contribution in [0.3, 0.4) is 0 Å². The van der Waals surface area contributed by atoms with Gasteiger partial charge in [-0.3, -0.25) is 0 Å². The highest BCUT2D eigenvalue weighted by Gasteiger charge is 2.38. The minimum Gasteiger partial charge on any atom is -0.313 e. The summed E-state index contributed by atoms with van der Waals surface area (Å²) in [4.78, 5) is 0. The van der Waals surface area contributed by atoms with E-state index in [0.717, 1.165) is 0 Å². The van der Waals surface area contributed by atoms with Crippen LogP contribution in [0.5, 0.6) is 0 Å². The molecule has 1 aliphatic rings. The summed E-state index contributed by atoms with van der Waals surface area (Å²) >= 11 is 0. The quantitative estimate of drug-likeness (QED) is 0.101. The molecule has 1 aliphatic carbocycles. The Morgan fingerprint density at radius 2 is 0.674 bits per heavy atom. The van der Waals surface area contributed by atoms with Crippen molar-refractivity contribution in [1.82, 2.24) is 9.13 Å². The lowest BCUT2D eigenvalue weighted by Crippen LogP contribution is -2.56. The van der Waals surface area contributed by atoms with Crippen LogP contribution in [0.15, 0.2) is 48.5 Å². The number of hydrogen-bond donors (Lipinski definition) is 0. The normalized spacial score (nSPS) is 13.3. The number of allylic oxidation sites excluding steroid dienone is 2. The van der Waals surface area contributed by atoms with Gasteiger partial charge in [0, 0.05) is 38.8 Å². The number of nitrogens with zero attached hydrogens (tertiary/aromatic N) is 2. The zero-order chi connectivity index (χ0) is 67.5. The lowest BCUT2D eigenvalue weighted by molar-refractivity contribution is 1.00. The van der Waals surface area contributed by atoms with Gasteiger partial charge in [0.1, 0.15) is 225 Å². The molecule has 352 valence electrons. The third-order valence-corrected chi connectivity index (χ3v) is 17.6. The number of aromatic nitrogens is 2. The van der Waals surface area contributed by atoms with Gasteiger partial charge in [0.05, 0.1) is 27.1 Å². The monoisotopic (exact) mass is 1090 g/mol. The maximum atomic E-state index is 7.54. The number of hydrogen-bond acceptors (Lipinski definition) is 0. The minimum absolute atomic E-state index is 0.00196. The summed E-state index contributed by atoms with van der Waals surface area (Å²) in [5, 5.41) is 0.263. The molecule has 0 saturated carbocycles. The first kappa shape index (κ1) is 67.3. The molecule has 1 atom stereocenters. The summed E-state index contributed by atoms with van der Waals surface area (Å²) in [6.07, 6.45) is 6.38. The maximum Gasteiger partial charge on any atom is 0.115 e. The molecule has 1 unspecified atom stereocenters. The molecule has 0 saturated heterocycles. The molecule has 10 aromatic rings. The first-order valence-corrected chi connectivity index (χ1v) is 27.5. The van der Waals surface area contributed by atoms with E-state index < -0.39 is 5.82 Å². The van der Waals surface area contributed by atoms with Crippen LogP contribution < -0.4 is 142 Å². The molecular formula is C60H12B30N2. The van der Waals surface area contributed by atoms with E-state index in [2.05, 4.69) is 5.92 Å². The number of terminal acetylenes is 1. The molecule has 0 spiro atoms. The first-order valence-electron chi connectivity index (χ1n) is 27.5. The summed E-state index contributed by atoms with van der Waals surface area (Å²) in [5.41, 5.74) is -0.0798. The van der Waals surface area contributed by atoms with Crippen molar-refractivity contribution in [2.45, 2.75) is 12.1 Å². The van der Waals surface area contributed by atoms with E-state index in [9.17, 15) is 0 Å². The number of fused-ring (bicyclic) bond motifs is 4. The van der Waals surface area contributed by atoms with Crippen LogP contribution in [0.4, 0.5) is 0 Å². The van der Waals surface area contributed by atoms with E-state index >= 15 is 0 Å². The molecule has 0 aliphatic heterocycles. The predicted octanol–water partition coefficient (Wildman–Crippen LogP) is -17.9. The van der Waals surface area contributed by atoms with E-state index in [1.807, 2.05) is 0 Å². The van der Waals surface area contributed by atoms with Crippen molar-refractivity contribution >= 4 is 421 Å². The second-order valence-electron chi connectivity index (χ2n) is 22.2. The molecular weight excluding hydrogens is 1070 g/mol. The zero-order valence-corrected chi connectivity index (χ0v) is 49.2. The van der Waals surface area contributed by atoms with Gasteiger partial charge in [-0.25, -0.2) is 0 Å². The Morgan fingerprint density at radius 3 is 1.07 bits per heavy atom. The Morgan fingerprint density at radius 1 is 0.359 bits per heavy atom. The fraction of sp³-hybridized carbons (Fsp3) is 0.0333. The maximum absolute atomic E-state index is 7.54. The van der Waals surface area contributed by atoms with Crippen molar-refractivity contribution in [2.75, 3.05) is 0 Å². The minimum atomic E-state index is -1.27. The molecule has 60 radical (unpaired) electrons. The molecule has 11 rings (SSSR count). The molecule has 0 fully saturated rings. The van der Waals surface area contributed by atoms with Crippen LogP contribution >= 0.6 is 0 Å². The van der Waals surface area contributed by atoms with Crippen molar-refractivity contribution in [3.8, 4) is 57.1 Å². The lowest BCUT2D eigenvalue weighted by atomic mass is 9.57. The first-order chi connectivity index (χ1) is 43.3. The van der Waals surface area contributed by atoms with Crippen LogP contribution in [-0.2, 0) is 0 Å². The average molecular weight is 1090 g/mol. The van der Waals surface area contributed by atoms with Gasteiger partial charge in [-0.1, -0.05) is 142 Å². The lowest BCUT2D eigenvalue weighted by Gasteiger charge is -2.28. The van der Waals surface area contributed by atoms with Crippen molar-refractivity contribution in [3.63, 3.8) is 0 Å². The van der Waals surface area contributed by atoms with Gasteiger partial charge in [0.25, 0.3) is 0 Å². The fourth-order valence-electron chi connectivity index (χ4n) is 12.8. The van der Waals surface area contributed by atoms with Crippen LogP contribution in [0.25, 0.3) is 88.7 Å². The highest BCUT2D eigenvalue weighted by molar-refractivity contribution is 6.75. The van der Waals surface area contributed by atoms with Gasteiger partial charge < -0.3 is 9.13 Å². The number of rotatable bonds is 9. The fourth-order valence-corrected chi connectivity index (χ4v) is 12.8. The third kappa shape index (κ3) is 9.36. The van der Waals surface area contributed by atoms with E-state index in [0.29, 0.717) is 22.5 Å². The van der Waals surface area contributed by atoms with E-state index in [4.69, 9.17) is 242 Å². The van der Waals surface area contributed by atoms with Gasteiger partial charge in [0.2, 0.25) is 0 Å². The van der Waals surface area contributed by atoms with Crippen LogP contribution in [0, 0.1) is 12.3 Å². The molecule has 32 heteroatoms. The van der Waals surface area contributed by atoms with Gasteiger partial charge in [0.15, 0.2) is 0 Å².